The van der Waals surface area contributed by atoms with E-state index in [1.807, 2.05) is 0 Å². The van der Waals surface area contributed by atoms with Crippen molar-refractivity contribution in [3.63, 3.8) is 0 Å². The van der Waals surface area contributed by atoms with E-state index in [2.05, 4.69) is 9.72 Å². The van der Waals surface area contributed by atoms with Crippen molar-refractivity contribution in [1.82, 2.24) is 4.98 Å². The number of hydrogen-bond acceptors (Lipinski definition) is 4. The molecule has 1 rings (SSSR count). The topological polar surface area (TPSA) is 83.2 Å². The molecule has 0 aromatic carbocycles. The van der Waals surface area contributed by atoms with Gasteiger partial charge in [0.15, 0.2) is 17.1 Å². The van der Waals surface area contributed by atoms with Crippen LogP contribution in [0, 0.1) is 11.3 Å². The molecular formula is C9H6F2N2O3. The number of hydrogen-bond donors (Lipinski definition) is 1. The summed E-state index contributed by atoms with van der Waals surface area (Å²) in [5.74, 6) is -1.75. The number of halogens is 2. The fourth-order valence-corrected chi connectivity index (χ4v) is 1.07. The smallest absolute Gasteiger partial charge is 0.358 e. The van der Waals surface area contributed by atoms with Gasteiger partial charge in [0.25, 0.3) is 6.43 Å². The van der Waals surface area contributed by atoms with Crippen LogP contribution in [0.15, 0.2) is 6.07 Å². The van der Waals surface area contributed by atoms with Gasteiger partial charge >= 0.3 is 5.97 Å². The summed E-state index contributed by atoms with van der Waals surface area (Å²) in [6, 6.07) is 2.22. The molecule has 1 aromatic heterocycles. The quantitative estimate of drug-likeness (QED) is 0.849. The Morgan fingerprint density at radius 3 is 2.69 bits per heavy atom. The highest BCUT2D eigenvalue weighted by molar-refractivity contribution is 5.88. The first-order valence-electron chi connectivity index (χ1n) is 4.01. The molecule has 84 valence electrons. The van der Waals surface area contributed by atoms with Gasteiger partial charge in [-0.25, -0.2) is 18.6 Å². The van der Waals surface area contributed by atoms with E-state index in [1.54, 1.807) is 0 Å². The molecule has 0 aliphatic carbocycles. The highest BCUT2D eigenvalue weighted by Crippen LogP contribution is 2.27. The molecular weight excluding hydrogens is 222 g/mol. The summed E-state index contributed by atoms with van der Waals surface area (Å²) in [6.07, 6.45) is -2.92. The van der Waals surface area contributed by atoms with Gasteiger partial charge in [-0.2, -0.15) is 5.26 Å². The Hall–Kier alpha value is -2.23. The molecule has 1 heterocycles. The van der Waals surface area contributed by atoms with Gasteiger partial charge in [-0.15, -0.1) is 0 Å². The molecule has 0 fully saturated rings. The second kappa shape index (κ2) is 4.53. The molecule has 0 aliphatic heterocycles. The van der Waals surface area contributed by atoms with E-state index in [9.17, 15) is 13.6 Å². The Morgan fingerprint density at radius 1 is 1.69 bits per heavy atom. The monoisotopic (exact) mass is 228 g/mol. The lowest BCUT2D eigenvalue weighted by Crippen LogP contribution is -2.07. The second-order valence-corrected chi connectivity index (χ2v) is 2.69. The van der Waals surface area contributed by atoms with Crippen LogP contribution in [0.25, 0.3) is 0 Å². The van der Waals surface area contributed by atoms with Crippen molar-refractivity contribution in [2.75, 3.05) is 7.11 Å². The third-order valence-corrected chi connectivity index (χ3v) is 1.78. The molecule has 0 unspecified atom stereocenters. The molecule has 0 atom stereocenters. The van der Waals surface area contributed by atoms with E-state index < -0.39 is 29.3 Å². The number of carboxylic acid groups (broad SMARTS) is 1. The molecule has 0 bridgehead atoms. The number of rotatable bonds is 3. The lowest BCUT2D eigenvalue weighted by Gasteiger charge is -2.08. The van der Waals surface area contributed by atoms with Crippen LogP contribution in [0.5, 0.6) is 5.75 Å². The van der Waals surface area contributed by atoms with E-state index >= 15 is 0 Å². The van der Waals surface area contributed by atoms with Gasteiger partial charge in [-0.1, -0.05) is 0 Å². The van der Waals surface area contributed by atoms with Gasteiger partial charge < -0.3 is 9.84 Å². The minimum absolute atomic E-state index is 0.304. The van der Waals surface area contributed by atoms with E-state index in [0.717, 1.165) is 13.2 Å². The number of methoxy groups -OCH3 is 1. The third-order valence-electron chi connectivity index (χ3n) is 1.78. The average Bonchev–Trinajstić information content (AvgIpc) is 2.26. The summed E-state index contributed by atoms with van der Waals surface area (Å²) in [5.41, 5.74) is -1.83. The van der Waals surface area contributed by atoms with Gasteiger partial charge in [0.1, 0.15) is 6.07 Å². The van der Waals surface area contributed by atoms with Crippen LogP contribution in [0.2, 0.25) is 0 Å². The number of nitriles is 1. The summed E-state index contributed by atoms with van der Waals surface area (Å²) < 4.78 is 29.6. The van der Waals surface area contributed by atoms with Crippen molar-refractivity contribution in [2.24, 2.45) is 0 Å². The Labute approximate surface area is 88.9 Å². The van der Waals surface area contributed by atoms with Crippen LogP contribution in [-0.2, 0) is 0 Å². The Balaban J connectivity index is 3.48. The van der Waals surface area contributed by atoms with Crippen molar-refractivity contribution in [3.8, 4) is 11.8 Å². The molecule has 1 aromatic rings. The maximum absolute atomic E-state index is 12.5. The number of ether oxygens (including phenoxy) is 1. The zero-order chi connectivity index (χ0) is 12.3. The lowest BCUT2D eigenvalue weighted by molar-refractivity contribution is 0.0685. The summed E-state index contributed by atoms with van der Waals surface area (Å²) in [6.45, 7) is 0. The van der Waals surface area contributed by atoms with Gasteiger partial charge in [0.2, 0.25) is 0 Å². The van der Waals surface area contributed by atoms with Crippen LogP contribution in [0.3, 0.4) is 0 Å². The standard InChI is InChI=1S/C9H6F2N2O3/c1-16-6-2-4(8(10)11)5(3-12)13-7(6)9(14)15/h2,8H,1H3,(H,14,15). The number of nitrogens with zero attached hydrogens (tertiary/aromatic N) is 2. The molecule has 0 saturated carbocycles. The van der Waals surface area contributed by atoms with Crippen LogP contribution in [0.1, 0.15) is 28.2 Å². The van der Waals surface area contributed by atoms with Crippen LogP contribution >= 0.6 is 0 Å². The van der Waals surface area contributed by atoms with Gasteiger partial charge in [-0.3, -0.25) is 0 Å². The van der Waals surface area contributed by atoms with Crippen LogP contribution in [-0.4, -0.2) is 23.2 Å². The number of carbonyl (C=O) groups is 1. The predicted octanol–water partition coefficient (Wildman–Crippen LogP) is 1.60. The minimum Gasteiger partial charge on any atom is -0.494 e. The molecule has 0 spiro atoms. The molecule has 0 aliphatic rings. The minimum atomic E-state index is -2.92. The van der Waals surface area contributed by atoms with Crippen molar-refractivity contribution >= 4 is 5.97 Å². The first kappa shape index (κ1) is 11.8. The molecule has 16 heavy (non-hydrogen) atoms. The van der Waals surface area contributed by atoms with E-state index in [-0.39, 0.29) is 5.75 Å². The van der Waals surface area contributed by atoms with Gasteiger partial charge in [0.05, 0.1) is 12.7 Å². The molecule has 5 nitrogen and oxygen atoms in total. The number of aromatic carboxylic acids is 1. The number of alkyl halides is 2. The van der Waals surface area contributed by atoms with Crippen LogP contribution < -0.4 is 4.74 Å². The van der Waals surface area contributed by atoms with Crippen molar-refractivity contribution < 1.29 is 23.4 Å². The highest BCUT2D eigenvalue weighted by Gasteiger charge is 2.21. The summed E-state index contributed by atoms with van der Waals surface area (Å²) in [5, 5.41) is 17.3. The van der Waals surface area contributed by atoms with Crippen LogP contribution in [0.4, 0.5) is 8.78 Å². The number of aromatic nitrogens is 1. The molecule has 0 amide bonds. The van der Waals surface area contributed by atoms with E-state index in [0.29, 0.717) is 0 Å². The summed E-state index contributed by atoms with van der Waals surface area (Å²) in [7, 11) is 1.13. The van der Waals surface area contributed by atoms with E-state index in [1.165, 1.54) is 6.07 Å². The first-order chi connectivity index (χ1) is 7.51. The Kier molecular flexibility index (Phi) is 3.35. The Morgan fingerprint density at radius 2 is 2.31 bits per heavy atom. The molecule has 0 saturated heterocycles. The molecule has 7 heteroatoms. The van der Waals surface area contributed by atoms with Crippen molar-refractivity contribution in [2.45, 2.75) is 6.43 Å². The zero-order valence-corrected chi connectivity index (χ0v) is 8.07. The Bertz CT molecular complexity index is 469. The SMILES string of the molecule is COc1cc(C(F)F)c(C#N)nc1C(=O)O. The number of pyridine rings is 1. The second-order valence-electron chi connectivity index (χ2n) is 2.69. The number of carboxylic acids is 1. The van der Waals surface area contributed by atoms with Crippen molar-refractivity contribution in [1.29, 1.82) is 5.26 Å². The maximum atomic E-state index is 12.5. The fraction of sp³-hybridized carbons (Fsp3) is 0.222. The van der Waals surface area contributed by atoms with E-state index in [4.69, 9.17) is 10.4 Å². The first-order valence-corrected chi connectivity index (χ1v) is 4.01. The molecule has 1 N–H and O–H groups in total. The zero-order valence-electron chi connectivity index (χ0n) is 8.07. The van der Waals surface area contributed by atoms with Gasteiger partial charge in [-0.05, 0) is 6.07 Å². The van der Waals surface area contributed by atoms with Crippen molar-refractivity contribution in [3.05, 3.63) is 23.0 Å². The third kappa shape index (κ3) is 2.06. The predicted molar refractivity (Wildman–Crippen MR) is 47.4 cm³/mol. The fourth-order valence-electron chi connectivity index (χ4n) is 1.07. The largest absolute Gasteiger partial charge is 0.494 e. The lowest BCUT2D eigenvalue weighted by atomic mass is 10.1. The van der Waals surface area contributed by atoms with Gasteiger partial charge in [0, 0.05) is 0 Å². The molecule has 0 radical (unpaired) electrons. The normalized spacial score (nSPS) is 9.94. The average molecular weight is 228 g/mol. The summed E-state index contributed by atoms with van der Waals surface area (Å²) >= 11 is 0. The summed E-state index contributed by atoms with van der Waals surface area (Å²) in [4.78, 5) is 14.0. The maximum Gasteiger partial charge on any atom is 0.358 e. The highest BCUT2D eigenvalue weighted by atomic mass is 19.3.